The smallest absolute Gasteiger partial charge is 0.258 e. The Kier molecular flexibility index (Phi) is 7.95. The minimum atomic E-state index is -0.495. The highest BCUT2D eigenvalue weighted by Gasteiger charge is 2.24. The molecule has 132 valence electrons. The van der Waals surface area contributed by atoms with E-state index in [0.29, 0.717) is 12.2 Å². The lowest BCUT2D eigenvalue weighted by Gasteiger charge is -2.21. The molecular formula is C18H26N2O3S. The van der Waals surface area contributed by atoms with Crippen LogP contribution in [-0.2, 0) is 9.59 Å². The lowest BCUT2D eigenvalue weighted by Crippen LogP contribution is -2.50. The van der Waals surface area contributed by atoms with E-state index >= 15 is 0 Å². The molecule has 24 heavy (non-hydrogen) atoms. The normalized spacial score (nSPS) is 15.7. The quantitative estimate of drug-likeness (QED) is 0.717. The van der Waals surface area contributed by atoms with Crippen LogP contribution < -0.4 is 15.4 Å². The fourth-order valence-corrected chi connectivity index (χ4v) is 3.25. The summed E-state index contributed by atoms with van der Waals surface area (Å²) in [7, 11) is 0. The number of nitrogens with one attached hydrogen (secondary N) is 2. The van der Waals surface area contributed by atoms with E-state index in [9.17, 15) is 9.59 Å². The number of para-hydroxylation sites is 1. The molecule has 2 N–H and O–H groups in total. The highest BCUT2D eigenvalue weighted by molar-refractivity contribution is 7.98. The topological polar surface area (TPSA) is 67.4 Å². The number of carbonyl (C=O) groups excluding carboxylic acids is 2. The third kappa shape index (κ3) is 6.43. The zero-order chi connectivity index (χ0) is 17.2. The van der Waals surface area contributed by atoms with E-state index in [2.05, 4.69) is 10.6 Å². The van der Waals surface area contributed by atoms with Crippen LogP contribution in [0.5, 0.6) is 5.75 Å². The van der Waals surface area contributed by atoms with Crippen LogP contribution in [0.3, 0.4) is 0 Å². The Morgan fingerprint density at radius 3 is 2.62 bits per heavy atom. The predicted molar refractivity (Wildman–Crippen MR) is 97.3 cm³/mol. The number of benzene rings is 1. The second-order valence-electron chi connectivity index (χ2n) is 5.99. The van der Waals surface area contributed by atoms with Crippen LogP contribution in [0.2, 0.25) is 0 Å². The summed E-state index contributed by atoms with van der Waals surface area (Å²) in [5, 5.41) is 5.87. The lowest BCUT2D eigenvalue weighted by molar-refractivity contribution is -0.130. The standard InChI is InChI=1S/C18H26N2O3S/c1-24-12-11-16(18(22)19-14-7-5-6-8-14)20-17(21)13-23-15-9-3-2-4-10-15/h2-4,9-10,14,16H,5-8,11-13H2,1H3,(H,19,22)(H,20,21). The molecule has 0 aliphatic heterocycles. The van der Waals surface area contributed by atoms with Crippen molar-refractivity contribution >= 4 is 23.6 Å². The molecule has 0 saturated heterocycles. The fraction of sp³-hybridized carbons (Fsp3) is 0.556. The molecule has 1 aliphatic rings. The van der Waals surface area contributed by atoms with Gasteiger partial charge in [0.05, 0.1) is 0 Å². The summed E-state index contributed by atoms with van der Waals surface area (Å²) in [6, 6.07) is 8.94. The highest BCUT2D eigenvalue weighted by Crippen LogP contribution is 2.18. The monoisotopic (exact) mass is 350 g/mol. The van der Waals surface area contributed by atoms with Gasteiger partial charge in [0, 0.05) is 6.04 Å². The van der Waals surface area contributed by atoms with Crippen molar-refractivity contribution < 1.29 is 14.3 Å². The molecule has 1 saturated carbocycles. The molecule has 1 aliphatic carbocycles. The van der Waals surface area contributed by atoms with Gasteiger partial charge in [-0.15, -0.1) is 0 Å². The highest BCUT2D eigenvalue weighted by atomic mass is 32.2. The van der Waals surface area contributed by atoms with Gasteiger partial charge in [-0.2, -0.15) is 11.8 Å². The van der Waals surface area contributed by atoms with Gasteiger partial charge in [-0.3, -0.25) is 9.59 Å². The van der Waals surface area contributed by atoms with Gasteiger partial charge in [0.25, 0.3) is 5.91 Å². The third-order valence-corrected chi connectivity index (χ3v) is 4.72. The molecule has 2 amide bonds. The maximum atomic E-state index is 12.4. The molecule has 0 spiro atoms. The lowest BCUT2D eigenvalue weighted by atomic mass is 10.1. The molecule has 1 aromatic rings. The minimum Gasteiger partial charge on any atom is -0.484 e. The van der Waals surface area contributed by atoms with Crippen LogP contribution in [0.4, 0.5) is 0 Å². The van der Waals surface area contributed by atoms with Gasteiger partial charge in [0.15, 0.2) is 6.61 Å². The third-order valence-electron chi connectivity index (χ3n) is 4.08. The van der Waals surface area contributed by atoms with E-state index in [0.717, 1.165) is 31.4 Å². The number of ether oxygens (including phenoxy) is 1. The molecule has 6 heteroatoms. The van der Waals surface area contributed by atoms with E-state index < -0.39 is 6.04 Å². The van der Waals surface area contributed by atoms with Crippen molar-refractivity contribution in [1.29, 1.82) is 0 Å². The second-order valence-corrected chi connectivity index (χ2v) is 6.98. The van der Waals surface area contributed by atoms with Crippen molar-refractivity contribution in [3.8, 4) is 5.75 Å². The average Bonchev–Trinajstić information content (AvgIpc) is 3.10. The first-order valence-corrected chi connectivity index (χ1v) is 9.85. The Hall–Kier alpha value is -1.69. The van der Waals surface area contributed by atoms with Crippen molar-refractivity contribution in [3.05, 3.63) is 30.3 Å². The van der Waals surface area contributed by atoms with Crippen LogP contribution in [0, 0.1) is 0 Å². The second kappa shape index (κ2) is 10.2. The molecule has 1 atom stereocenters. The largest absolute Gasteiger partial charge is 0.484 e. The number of hydrogen-bond donors (Lipinski definition) is 2. The molecule has 1 aromatic carbocycles. The molecule has 0 bridgehead atoms. The summed E-state index contributed by atoms with van der Waals surface area (Å²) in [6.45, 7) is -0.0868. The van der Waals surface area contributed by atoms with Crippen molar-refractivity contribution in [2.45, 2.75) is 44.2 Å². The number of thioether (sulfide) groups is 1. The SMILES string of the molecule is CSCCC(NC(=O)COc1ccccc1)C(=O)NC1CCCC1. The van der Waals surface area contributed by atoms with E-state index in [1.165, 1.54) is 0 Å². The average molecular weight is 350 g/mol. The van der Waals surface area contributed by atoms with Gasteiger partial charge in [0.2, 0.25) is 5.91 Å². The number of rotatable bonds is 9. The molecule has 0 aromatic heterocycles. The van der Waals surface area contributed by atoms with Gasteiger partial charge in [-0.25, -0.2) is 0 Å². The first-order chi connectivity index (χ1) is 11.7. The summed E-state index contributed by atoms with van der Waals surface area (Å²) in [6.07, 6.45) is 7.01. The zero-order valence-corrected chi connectivity index (χ0v) is 14.9. The van der Waals surface area contributed by atoms with Gasteiger partial charge in [-0.05, 0) is 43.4 Å². The summed E-state index contributed by atoms with van der Waals surface area (Å²) in [5.41, 5.74) is 0. The van der Waals surface area contributed by atoms with Crippen LogP contribution in [0.15, 0.2) is 30.3 Å². The van der Waals surface area contributed by atoms with Gasteiger partial charge in [0.1, 0.15) is 11.8 Å². The number of amides is 2. The van der Waals surface area contributed by atoms with Gasteiger partial charge >= 0.3 is 0 Å². The molecular weight excluding hydrogens is 324 g/mol. The number of hydrogen-bond acceptors (Lipinski definition) is 4. The van der Waals surface area contributed by atoms with Crippen LogP contribution in [0.1, 0.15) is 32.1 Å². The summed E-state index contributed by atoms with van der Waals surface area (Å²) >= 11 is 1.66. The van der Waals surface area contributed by atoms with Gasteiger partial charge < -0.3 is 15.4 Å². The Bertz CT molecular complexity index is 518. The van der Waals surface area contributed by atoms with Crippen molar-refractivity contribution in [3.63, 3.8) is 0 Å². The molecule has 1 unspecified atom stereocenters. The Labute approximate surface area is 147 Å². The van der Waals surface area contributed by atoms with E-state index in [1.807, 2.05) is 24.5 Å². The Morgan fingerprint density at radius 1 is 1.25 bits per heavy atom. The first-order valence-electron chi connectivity index (χ1n) is 8.45. The summed E-state index contributed by atoms with van der Waals surface area (Å²) in [5.74, 6) is 1.11. The minimum absolute atomic E-state index is 0.0796. The maximum absolute atomic E-state index is 12.4. The van der Waals surface area contributed by atoms with E-state index in [1.54, 1.807) is 23.9 Å². The predicted octanol–water partition coefficient (Wildman–Crippen LogP) is 2.36. The van der Waals surface area contributed by atoms with Crippen LogP contribution in [0.25, 0.3) is 0 Å². The van der Waals surface area contributed by atoms with E-state index in [4.69, 9.17) is 4.74 Å². The molecule has 1 fully saturated rings. The first kappa shape index (κ1) is 18.6. The summed E-state index contributed by atoms with van der Waals surface area (Å²) in [4.78, 5) is 24.5. The van der Waals surface area contributed by atoms with Crippen molar-refractivity contribution in [2.75, 3.05) is 18.6 Å². The van der Waals surface area contributed by atoms with Crippen molar-refractivity contribution in [1.82, 2.24) is 10.6 Å². The van der Waals surface area contributed by atoms with Crippen LogP contribution >= 0.6 is 11.8 Å². The fourth-order valence-electron chi connectivity index (χ4n) is 2.78. The maximum Gasteiger partial charge on any atom is 0.258 e. The van der Waals surface area contributed by atoms with E-state index in [-0.39, 0.29) is 24.5 Å². The summed E-state index contributed by atoms with van der Waals surface area (Å²) < 4.78 is 5.44. The number of carbonyl (C=O) groups is 2. The zero-order valence-electron chi connectivity index (χ0n) is 14.1. The molecule has 0 radical (unpaired) electrons. The molecule has 5 nitrogen and oxygen atoms in total. The molecule has 0 heterocycles. The Balaban J connectivity index is 1.82. The Morgan fingerprint density at radius 2 is 1.96 bits per heavy atom. The van der Waals surface area contributed by atoms with Gasteiger partial charge in [-0.1, -0.05) is 31.0 Å². The molecule has 2 rings (SSSR count). The van der Waals surface area contributed by atoms with Crippen molar-refractivity contribution in [2.24, 2.45) is 0 Å². The van der Waals surface area contributed by atoms with Crippen LogP contribution in [-0.4, -0.2) is 42.5 Å².